The van der Waals surface area contributed by atoms with Gasteiger partial charge in [-0.05, 0) is 39.8 Å². The molecule has 2 rings (SSSR count). The maximum absolute atomic E-state index is 14.4. The van der Waals surface area contributed by atoms with Gasteiger partial charge in [-0.1, -0.05) is 0 Å². The van der Waals surface area contributed by atoms with E-state index in [9.17, 15) is 23.2 Å². The van der Waals surface area contributed by atoms with Gasteiger partial charge in [0.2, 0.25) is 0 Å². The van der Waals surface area contributed by atoms with Crippen LogP contribution in [0.3, 0.4) is 0 Å². The fourth-order valence-electron chi connectivity index (χ4n) is 3.08. The quantitative estimate of drug-likeness (QED) is 0.464. The molecule has 0 bridgehead atoms. The van der Waals surface area contributed by atoms with E-state index in [0.717, 1.165) is 12.1 Å². The number of Topliss-reactive ketones (excluding diaryl/α,β-unsaturated/α-hetero) is 1. The number of amides is 1. The molecule has 1 amide bonds. The Morgan fingerprint density at radius 3 is 2.16 bits per heavy atom. The molecule has 0 aromatic heterocycles. The number of likely N-dealkylation sites (tertiary alicyclic amines) is 1. The Bertz CT molecular complexity index is 790. The first kappa shape index (κ1) is 24.6. The summed E-state index contributed by atoms with van der Waals surface area (Å²) in [5, 5.41) is 0. The number of hydrogen-bond acceptors (Lipinski definition) is 6. The molecule has 172 valence electrons. The van der Waals surface area contributed by atoms with Crippen LogP contribution in [-0.2, 0) is 14.3 Å². The highest BCUT2D eigenvalue weighted by atomic mass is 19.1. The third-order valence-corrected chi connectivity index (χ3v) is 4.56. The van der Waals surface area contributed by atoms with Crippen LogP contribution < -0.4 is 4.74 Å². The van der Waals surface area contributed by atoms with Crippen molar-refractivity contribution in [1.29, 1.82) is 0 Å². The highest BCUT2D eigenvalue weighted by Gasteiger charge is 2.29. The summed E-state index contributed by atoms with van der Waals surface area (Å²) in [5.41, 5.74) is -0.780. The van der Waals surface area contributed by atoms with Crippen molar-refractivity contribution in [3.8, 4) is 5.75 Å². The number of ether oxygens (including phenoxy) is 3. The van der Waals surface area contributed by atoms with Gasteiger partial charge in [-0.3, -0.25) is 9.59 Å². The summed E-state index contributed by atoms with van der Waals surface area (Å²) in [6.07, 6.45) is -0.510. The highest BCUT2D eigenvalue weighted by molar-refractivity contribution is 5.97. The number of benzene rings is 1. The molecule has 31 heavy (non-hydrogen) atoms. The van der Waals surface area contributed by atoms with E-state index in [1.807, 2.05) is 0 Å². The number of esters is 1. The van der Waals surface area contributed by atoms with Crippen LogP contribution in [0.15, 0.2) is 12.1 Å². The van der Waals surface area contributed by atoms with Crippen molar-refractivity contribution in [2.24, 2.45) is 0 Å². The van der Waals surface area contributed by atoms with Gasteiger partial charge < -0.3 is 19.1 Å². The van der Waals surface area contributed by atoms with E-state index in [1.165, 1.54) is 4.90 Å². The molecule has 0 N–H and O–H groups in total. The first-order chi connectivity index (χ1) is 14.5. The lowest BCUT2D eigenvalue weighted by Crippen LogP contribution is -2.44. The van der Waals surface area contributed by atoms with Crippen molar-refractivity contribution >= 4 is 17.8 Å². The molecule has 0 radical (unpaired) electrons. The molecule has 1 aromatic carbocycles. The third kappa shape index (κ3) is 7.48. The minimum atomic E-state index is -0.992. The highest BCUT2D eigenvalue weighted by Crippen LogP contribution is 2.28. The van der Waals surface area contributed by atoms with Gasteiger partial charge in [-0.25, -0.2) is 13.6 Å². The Balaban J connectivity index is 1.94. The van der Waals surface area contributed by atoms with Gasteiger partial charge in [0, 0.05) is 37.9 Å². The largest absolute Gasteiger partial charge is 0.484 e. The smallest absolute Gasteiger partial charge is 0.410 e. The molecule has 0 aliphatic carbocycles. The van der Waals surface area contributed by atoms with Crippen LogP contribution in [0.2, 0.25) is 0 Å². The van der Waals surface area contributed by atoms with E-state index in [-0.39, 0.29) is 25.0 Å². The van der Waals surface area contributed by atoms with Crippen LogP contribution in [0.1, 0.15) is 63.7 Å². The second-order valence-corrected chi connectivity index (χ2v) is 8.28. The molecule has 0 spiro atoms. The Kier molecular flexibility index (Phi) is 8.36. The van der Waals surface area contributed by atoms with Crippen LogP contribution in [0.4, 0.5) is 13.6 Å². The number of halogens is 2. The Morgan fingerprint density at radius 1 is 1.06 bits per heavy atom. The molecular weight excluding hydrogens is 412 g/mol. The minimum absolute atomic E-state index is 0.162. The van der Waals surface area contributed by atoms with Gasteiger partial charge in [0.15, 0.2) is 23.2 Å². The number of hydrogen-bond donors (Lipinski definition) is 0. The summed E-state index contributed by atoms with van der Waals surface area (Å²) in [6.45, 7) is 7.84. The fourth-order valence-corrected chi connectivity index (χ4v) is 3.08. The standard InChI is InChI=1S/C22H29F2NO6/c1-5-29-19(27)7-6-18(26)14-12-16(23)20(17(24)13-14)30-15-8-10-25(11-9-15)21(28)31-22(2,3)4/h12-13,15H,5-11H2,1-4H3. The number of rotatable bonds is 7. The van der Waals surface area contributed by atoms with Gasteiger partial charge in [0.05, 0.1) is 13.0 Å². The van der Waals surface area contributed by atoms with Crippen molar-refractivity contribution in [3.05, 3.63) is 29.3 Å². The van der Waals surface area contributed by atoms with Crippen molar-refractivity contribution < 1.29 is 37.4 Å². The zero-order valence-electron chi connectivity index (χ0n) is 18.3. The number of piperidine rings is 1. The number of carbonyl (C=O) groups is 3. The maximum Gasteiger partial charge on any atom is 0.410 e. The second-order valence-electron chi connectivity index (χ2n) is 8.28. The van der Waals surface area contributed by atoms with Crippen LogP contribution >= 0.6 is 0 Å². The van der Waals surface area contributed by atoms with Crippen molar-refractivity contribution in [2.75, 3.05) is 19.7 Å². The van der Waals surface area contributed by atoms with Gasteiger partial charge in [-0.15, -0.1) is 0 Å². The van der Waals surface area contributed by atoms with Crippen LogP contribution in [-0.4, -0.2) is 54.1 Å². The average Bonchev–Trinajstić information content (AvgIpc) is 2.68. The van der Waals surface area contributed by atoms with E-state index in [1.54, 1.807) is 27.7 Å². The predicted molar refractivity (Wildman–Crippen MR) is 108 cm³/mol. The molecule has 9 heteroatoms. The molecule has 1 saturated heterocycles. The lowest BCUT2D eigenvalue weighted by Gasteiger charge is -2.33. The van der Waals surface area contributed by atoms with E-state index in [4.69, 9.17) is 14.2 Å². The molecule has 0 unspecified atom stereocenters. The number of carbonyl (C=O) groups excluding carboxylic acids is 3. The van der Waals surface area contributed by atoms with Gasteiger partial charge in [0.25, 0.3) is 0 Å². The van der Waals surface area contributed by atoms with Gasteiger partial charge in [0.1, 0.15) is 11.7 Å². The minimum Gasteiger partial charge on any atom is -0.484 e. The summed E-state index contributed by atoms with van der Waals surface area (Å²) in [5.74, 6) is -3.65. The van der Waals surface area contributed by atoms with Gasteiger partial charge >= 0.3 is 12.1 Å². The first-order valence-corrected chi connectivity index (χ1v) is 10.3. The van der Waals surface area contributed by atoms with Crippen LogP contribution in [0.5, 0.6) is 5.75 Å². The van der Waals surface area contributed by atoms with Crippen molar-refractivity contribution in [2.45, 2.75) is 65.1 Å². The molecule has 1 fully saturated rings. The van der Waals surface area contributed by atoms with Crippen LogP contribution in [0.25, 0.3) is 0 Å². The lowest BCUT2D eigenvalue weighted by molar-refractivity contribution is -0.143. The summed E-state index contributed by atoms with van der Waals surface area (Å²) < 4.78 is 44.4. The van der Waals surface area contributed by atoms with E-state index in [2.05, 4.69) is 0 Å². The Morgan fingerprint density at radius 2 is 1.65 bits per heavy atom. The van der Waals surface area contributed by atoms with Crippen molar-refractivity contribution in [1.82, 2.24) is 4.90 Å². The molecule has 7 nitrogen and oxygen atoms in total. The number of ketones is 1. The maximum atomic E-state index is 14.4. The zero-order valence-corrected chi connectivity index (χ0v) is 18.3. The third-order valence-electron chi connectivity index (χ3n) is 4.56. The zero-order chi connectivity index (χ0) is 23.2. The fraction of sp³-hybridized carbons (Fsp3) is 0.591. The summed E-state index contributed by atoms with van der Waals surface area (Å²) in [7, 11) is 0. The molecular formula is C22H29F2NO6. The molecule has 0 atom stereocenters. The summed E-state index contributed by atoms with van der Waals surface area (Å²) >= 11 is 0. The SMILES string of the molecule is CCOC(=O)CCC(=O)c1cc(F)c(OC2CCN(C(=O)OC(C)(C)C)CC2)c(F)c1. The van der Waals surface area contributed by atoms with E-state index in [0.29, 0.717) is 25.9 Å². The Hall–Kier alpha value is -2.71. The predicted octanol–water partition coefficient (Wildman–Crippen LogP) is 4.27. The normalized spacial score (nSPS) is 14.8. The molecule has 1 heterocycles. The molecule has 0 saturated carbocycles. The number of nitrogens with zero attached hydrogens (tertiary/aromatic N) is 1. The average molecular weight is 441 g/mol. The van der Waals surface area contributed by atoms with Crippen LogP contribution in [0, 0.1) is 11.6 Å². The monoisotopic (exact) mass is 441 g/mol. The first-order valence-electron chi connectivity index (χ1n) is 10.3. The Labute approximate surface area is 180 Å². The van der Waals surface area contributed by atoms with Crippen molar-refractivity contribution in [3.63, 3.8) is 0 Å². The van der Waals surface area contributed by atoms with E-state index >= 15 is 0 Å². The molecule has 1 aliphatic heterocycles. The summed E-state index contributed by atoms with van der Waals surface area (Å²) in [4.78, 5) is 37.1. The lowest BCUT2D eigenvalue weighted by atomic mass is 10.1. The summed E-state index contributed by atoms with van der Waals surface area (Å²) in [6, 6.07) is 1.81. The second kappa shape index (κ2) is 10.5. The van der Waals surface area contributed by atoms with Gasteiger partial charge in [-0.2, -0.15) is 0 Å². The van der Waals surface area contributed by atoms with E-state index < -0.39 is 46.9 Å². The molecule has 1 aromatic rings. The topological polar surface area (TPSA) is 82.1 Å². The molecule has 1 aliphatic rings.